The molecule has 0 spiro atoms. The van der Waals surface area contributed by atoms with Gasteiger partial charge in [-0.1, -0.05) is 140 Å². The average molecular weight is 1910 g/mol. The predicted octanol–water partition coefficient (Wildman–Crippen LogP) is 13.7. The van der Waals surface area contributed by atoms with Crippen LogP contribution in [0.3, 0.4) is 0 Å². The van der Waals surface area contributed by atoms with Crippen LogP contribution in [0.5, 0.6) is 51.7 Å². The number of aromatic hydroxyl groups is 1. The topological polar surface area (TPSA) is 487 Å². The zero-order valence-electron chi connectivity index (χ0n) is 81.8. The lowest BCUT2D eigenvalue weighted by molar-refractivity contribution is -0.193. The third kappa shape index (κ3) is 36.3. The van der Waals surface area contributed by atoms with Crippen LogP contribution < -0.4 is 76.4 Å². The second-order valence-corrected chi connectivity index (χ2v) is 36.6. The predicted molar refractivity (Wildman–Crippen MR) is 515 cm³/mol. The van der Waals surface area contributed by atoms with E-state index < -0.39 is 82.6 Å². The molecule has 0 saturated heterocycles. The number of hydrogen-bond donors (Lipinski definition) is 10. The highest BCUT2D eigenvalue weighted by Crippen LogP contribution is 2.50. The molecule has 6 aromatic carbocycles. The summed E-state index contributed by atoms with van der Waals surface area (Å²) in [4.78, 5) is 155. The van der Waals surface area contributed by atoms with E-state index in [1.807, 2.05) is 159 Å². The van der Waals surface area contributed by atoms with E-state index in [4.69, 9.17) is 79.1 Å². The minimum atomic E-state index is -1.63. The summed E-state index contributed by atoms with van der Waals surface area (Å²) in [7, 11) is 12.3. The Balaban J connectivity index is 0.000000536. The van der Waals surface area contributed by atoms with Gasteiger partial charge in [-0.05, 0) is 190 Å². The maximum absolute atomic E-state index is 14.1. The third-order valence-electron chi connectivity index (χ3n) is 22.7. The van der Waals surface area contributed by atoms with Gasteiger partial charge in [-0.15, -0.1) is 11.6 Å². The van der Waals surface area contributed by atoms with E-state index in [2.05, 4.69) is 26.6 Å². The van der Waals surface area contributed by atoms with Gasteiger partial charge >= 0.3 is 18.4 Å². The summed E-state index contributed by atoms with van der Waals surface area (Å²) < 4.78 is 50.6. The number of methoxy groups -OCH3 is 8. The van der Waals surface area contributed by atoms with Crippen molar-refractivity contribution >= 4 is 93.6 Å². The van der Waals surface area contributed by atoms with Crippen molar-refractivity contribution in [1.29, 1.82) is 0 Å². The second-order valence-electron chi connectivity index (χ2n) is 36.0. The number of anilines is 1. The number of benzene rings is 6. The number of alkyl carbamates (subject to hydrolysis) is 1. The number of carbonyl (C=O) groups excluding carboxylic acids is 13. The van der Waals surface area contributed by atoms with Gasteiger partial charge < -0.3 is 96.4 Å². The summed E-state index contributed by atoms with van der Waals surface area (Å²) in [6, 6.07) is 31.0. The van der Waals surface area contributed by atoms with Gasteiger partial charge in [0.25, 0.3) is 0 Å². The Kier molecular flexibility index (Phi) is 49.5. The zero-order chi connectivity index (χ0) is 101. The van der Waals surface area contributed by atoms with Crippen molar-refractivity contribution in [2.45, 2.75) is 220 Å². The van der Waals surface area contributed by atoms with E-state index in [1.165, 1.54) is 21.3 Å². The lowest BCUT2D eigenvalue weighted by atomic mass is 9.81. The van der Waals surface area contributed by atoms with Crippen LogP contribution in [-0.2, 0) is 88.0 Å². The van der Waals surface area contributed by atoms with Gasteiger partial charge in [-0.3, -0.25) is 38.4 Å². The highest BCUT2D eigenvalue weighted by atomic mass is 35.5. The highest BCUT2D eigenvalue weighted by molar-refractivity contribution is 6.22. The molecule has 2 aliphatic rings. The lowest BCUT2D eigenvalue weighted by Gasteiger charge is -2.27. The Morgan fingerprint density at radius 2 is 0.824 bits per heavy atom. The fraction of sp³-hybridized carbons (Fsp3) is 0.505. The summed E-state index contributed by atoms with van der Waals surface area (Å²) in [5.41, 5.74) is 14.0. The summed E-state index contributed by atoms with van der Waals surface area (Å²) in [5, 5.41) is 46.8. The molecule has 0 bridgehead atoms. The number of phenols is 1. The Morgan fingerprint density at radius 3 is 1.18 bits per heavy atom. The number of amides is 5. The van der Waals surface area contributed by atoms with Crippen molar-refractivity contribution in [2.24, 2.45) is 47.3 Å². The van der Waals surface area contributed by atoms with E-state index in [0.717, 1.165) is 50.1 Å². The van der Waals surface area contributed by atoms with E-state index in [-0.39, 0.29) is 141 Å². The number of nitrogen functional groups attached to an aromatic ring is 1. The van der Waals surface area contributed by atoms with Crippen molar-refractivity contribution in [3.05, 3.63) is 166 Å². The van der Waals surface area contributed by atoms with Gasteiger partial charge in [0.1, 0.15) is 35.1 Å². The normalized spacial score (nSPS) is 14.8. The van der Waals surface area contributed by atoms with E-state index in [1.54, 1.807) is 74.5 Å². The van der Waals surface area contributed by atoms with Gasteiger partial charge in [-0.25, -0.2) is 4.79 Å². The molecular weight excluding hydrogens is 1770 g/mol. The number of rotatable bonds is 47. The number of aliphatic hydroxyl groups excluding tert-OH is 2. The lowest BCUT2D eigenvalue weighted by Crippen LogP contribution is -2.50. The average Bonchev–Trinajstić information content (AvgIpc) is 1.49. The second kappa shape index (κ2) is 58.1. The smallest absolute Gasteiger partial charge is 0.407 e. The molecule has 0 saturated carbocycles. The van der Waals surface area contributed by atoms with Crippen LogP contribution >= 0.6 is 11.6 Å². The standard InChI is InChI=1S/C53H74N4O11.C48H63ClN2O10.2CO2.H3N/c1-31(2)23-35(27-44(59)48(61)42(25-33-15-13-12-14-16-33)57-52(63)68-53(5,6)7)43(58)28-36(24-32(3)4)51(62)55-22-21-47(60)56-37-18-19-38-40(30-46(65-9)50(67-11)49(38)66-10)39(29-37)34-17-20-45(64-8)41(54)26-34;1-28(2)20-32(24-41(54)45(56)38(49)22-30-12-10-9-11-13-30)39(52)25-33(21-29(3)4)48(57)50-19-18-44(55)51-34-15-16-35-37(27-43(59-6)47(61-8)46(35)60-7)36(26-34)31-14-17-42(58-5)40(53)23-31;2*2-1-3;/h12-17,20,26,29-32,35-37,42,48,61H,18-19,21-25,27-28,54H2,1-11H3,(H,55,62)(H,56,60)(H,57,63);9-14,17,23,26-29,32-34,38,45,53,56H,15-16,18-22,24-25H2,1-8H3,(H,50,57)(H,51,55);;;1H3. The maximum Gasteiger partial charge on any atom is 0.407 e. The first kappa shape index (κ1) is 116. The molecule has 0 aromatic heterocycles. The number of aliphatic hydroxyl groups is 2. The van der Waals surface area contributed by atoms with Crippen LogP contribution in [0.1, 0.15) is 198 Å². The number of nitrogens with one attached hydrogen (secondary N) is 5. The molecule has 13 N–H and O–H groups in total. The fourth-order valence-electron chi connectivity index (χ4n) is 16.7. The molecule has 136 heavy (non-hydrogen) atoms. The number of Topliss-reactive ketones (excluding diaryl/α,β-unsaturated/α-hetero) is 4. The third-order valence-corrected chi connectivity index (χ3v) is 23.1. The van der Waals surface area contributed by atoms with Crippen molar-refractivity contribution < 1.29 is 120 Å². The summed E-state index contributed by atoms with van der Waals surface area (Å²) in [6.45, 7) is 20.9. The molecule has 10 atom stereocenters. The van der Waals surface area contributed by atoms with Crippen LogP contribution in [0.2, 0.25) is 0 Å². The largest absolute Gasteiger partial charge is 0.504 e. The number of ketones is 4. The van der Waals surface area contributed by atoms with Gasteiger partial charge in [0.15, 0.2) is 46.1 Å². The first-order valence-electron chi connectivity index (χ1n) is 45.3. The van der Waals surface area contributed by atoms with Crippen molar-refractivity contribution in [2.75, 3.05) is 75.7 Å². The van der Waals surface area contributed by atoms with Crippen molar-refractivity contribution in [3.63, 3.8) is 0 Å². The summed E-state index contributed by atoms with van der Waals surface area (Å²) in [6.07, 6.45) is 4.07. The molecule has 33 heteroatoms. The SMILES string of the molecule is COc1ccc(C2=CC(NC(=O)CCNC(=O)C(CC(=O)C(CC(=O)C(O)C(Cc3ccccc3)NC(=O)OC(C)(C)C)CC(C)C)CC(C)C)CCc3c2cc(OC)c(OC)c3OC)cc1N.COc1ccc(C2=CC(NC(=O)CCNC(=O)C(CC(=O)C(CC(=O)C(O)C(Cl)Cc3ccccc3)CC(C)C)CC(C)C)CCc3c2cc(OC)c(OC)c3OC)cc1O.N.O=C=O.O=C=O. The molecule has 0 heterocycles. The van der Waals surface area contributed by atoms with Crippen LogP contribution in [0.15, 0.2) is 121 Å². The number of ether oxygens (including phenoxy) is 9. The molecule has 8 rings (SSSR count). The van der Waals surface area contributed by atoms with Crippen LogP contribution in [-0.4, -0.2) is 192 Å². The van der Waals surface area contributed by atoms with Crippen LogP contribution in [0, 0.1) is 47.3 Å². The zero-order valence-corrected chi connectivity index (χ0v) is 82.6. The number of alkyl halides is 1. The first-order chi connectivity index (χ1) is 64.1. The van der Waals surface area contributed by atoms with Gasteiger partial charge in [0, 0.05) is 98.5 Å². The Bertz CT molecular complexity index is 5050. The first-order valence-corrected chi connectivity index (χ1v) is 45.7. The quantitative estimate of drug-likeness (QED) is 0.0125. The molecular formula is C103H140ClN7O25. The molecule has 2 aliphatic carbocycles. The molecule has 5 amide bonds. The molecule has 0 radical (unpaired) electrons. The number of nitrogens with two attached hydrogens (primary N) is 1. The van der Waals surface area contributed by atoms with Crippen LogP contribution in [0.25, 0.3) is 11.1 Å². The van der Waals surface area contributed by atoms with Gasteiger partial charge in [0.2, 0.25) is 35.1 Å². The number of fused-ring (bicyclic) bond motifs is 2. The van der Waals surface area contributed by atoms with E-state index >= 15 is 0 Å². The van der Waals surface area contributed by atoms with Gasteiger partial charge in [-0.2, -0.15) is 19.2 Å². The van der Waals surface area contributed by atoms with E-state index in [9.17, 15) is 58.5 Å². The molecule has 0 aliphatic heterocycles. The minimum absolute atomic E-state index is 0. The molecule has 10 unspecified atom stereocenters. The Morgan fingerprint density at radius 1 is 0.463 bits per heavy atom. The summed E-state index contributed by atoms with van der Waals surface area (Å²) >= 11 is 6.48. The number of carbonyl (C=O) groups is 9. The Hall–Kier alpha value is -12.4. The highest BCUT2D eigenvalue weighted by Gasteiger charge is 2.38. The van der Waals surface area contributed by atoms with Crippen molar-refractivity contribution in [1.82, 2.24) is 32.7 Å². The van der Waals surface area contributed by atoms with Gasteiger partial charge in [0.05, 0.1) is 74.0 Å². The Labute approximate surface area is 803 Å². The number of hydrogen-bond acceptors (Lipinski definition) is 27. The molecule has 32 nitrogen and oxygen atoms in total. The summed E-state index contributed by atoms with van der Waals surface area (Å²) in [5.74, 6) is -1.73. The number of halogens is 1. The minimum Gasteiger partial charge on any atom is -0.504 e. The molecule has 0 fully saturated rings. The maximum atomic E-state index is 14.1. The molecule has 744 valence electrons. The number of phenolic OH excluding ortho intramolecular Hbond substituents is 1. The van der Waals surface area contributed by atoms with Crippen LogP contribution in [0.4, 0.5) is 10.5 Å². The fourth-order valence-corrected chi connectivity index (χ4v) is 17.0. The monoisotopic (exact) mass is 1910 g/mol. The molecule has 6 aromatic rings. The van der Waals surface area contributed by atoms with Crippen molar-refractivity contribution in [3.8, 4) is 51.7 Å². The van der Waals surface area contributed by atoms with E-state index in [0.29, 0.717) is 115 Å².